The van der Waals surface area contributed by atoms with Crippen molar-refractivity contribution in [1.82, 2.24) is 15.1 Å². The summed E-state index contributed by atoms with van der Waals surface area (Å²) in [5.41, 5.74) is -0.468. The van der Waals surface area contributed by atoms with Crippen LogP contribution >= 0.6 is 0 Å². The highest BCUT2D eigenvalue weighted by Gasteiger charge is 2.30. The number of halogens is 3. The van der Waals surface area contributed by atoms with Crippen LogP contribution < -0.4 is 5.32 Å². The van der Waals surface area contributed by atoms with E-state index < -0.39 is 23.6 Å². The highest BCUT2D eigenvalue weighted by Crippen LogP contribution is 2.30. The minimum Gasteiger partial charge on any atom is -0.481 e. The second-order valence-corrected chi connectivity index (χ2v) is 6.01. The SMILES string of the molecule is O=C(O)CCCCCCNC(=O)c1ccn(-c2cccc(C(F)(F)F)c2)n1. The highest BCUT2D eigenvalue weighted by molar-refractivity contribution is 5.92. The van der Waals surface area contributed by atoms with Crippen molar-refractivity contribution in [3.8, 4) is 5.69 Å². The summed E-state index contributed by atoms with van der Waals surface area (Å²) in [6.45, 7) is 0.419. The predicted octanol–water partition coefficient (Wildman–Crippen LogP) is 3.66. The van der Waals surface area contributed by atoms with Gasteiger partial charge in [0.2, 0.25) is 0 Å². The minimum absolute atomic E-state index is 0.110. The monoisotopic (exact) mass is 383 g/mol. The fraction of sp³-hybridized carbons (Fsp3) is 0.389. The van der Waals surface area contributed by atoms with Gasteiger partial charge in [0.15, 0.2) is 5.69 Å². The molecule has 146 valence electrons. The van der Waals surface area contributed by atoms with Gasteiger partial charge in [-0.3, -0.25) is 9.59 Å². The lowest BCUT2D eigenvalue weighted by Gasteiger charge is -2.08. The number of aromatic nitrogens is 2. The van der Waals surface area contributed by atoms with Crippen molar-refractivity contribution in [1.29, 1.82) is 0 Å². The smallest absolute Gasteiger partial charge is 0.416 e. The molecule has 0 unspecified atom stereocenters. The largest absolute Gasteiger partial charge is 0.481 e. The van der Waals surface area contributed by atoms with Gasteiger partial charge >= 0.3 is 12.1 Å². The average Bonchev–Trinajstić information content (AvgIpc) is 3.10. The Hall–Kier alpha value is -2.84. The Balaban J connectivity index is 1.85. The Kier molecular flexibility index (Phi) is 6.98. The Morgan fingerprint density at radius 2 is 1.85 bits per heavy atom. The van der Waals surface area contributed by atoms with E-state index in [1.165, 1.54) is 29.1 Å². The van der Waals surface area contributed by atoms with Crippen molar-refractivity contribution in [2.45, 2.75) is 38.3 Å². The van der Waals surface area contributed by atoms with Gasteiger partial charge in [-0.1, -0.05) is 18.9 Å². The molecule has 0 aliphatic carbocycles. The molecule has 27 heavy (non-hydrogen) atoms. The van der Waals surface area contributed by atoms with Gasteiger partial charge < -0.3 is 10.4 Å². The summed E-state index contributed by atoms with van der Waals surface area (Å²) in [6.07, 6.45) is -0.00752. The number of carboxylic acids is 1. The molecule has 0 aliphatic rings. The van der Waals surface area contributed by atoms with Crippen molar-refractivity contribution in [3.05, 3.63) is 47.8 Å². The van der Waals surface area contributed by atoms with Crippen LogP contribution in [0.3, 0.4) is 0 Å². The number of nitrogens with zero attached hydrogens (tertiary/aromatic N) is 2. The van der Waals surface area contributed by atoms with Crippen LogP contribution in [0.25, 0.3) is 5.69 Å². The Morgan fingerprint density at radius 3 is 2.56 bits per heavy atom. The van der Waals surface area contributed by atoms with Gasteiger partial charge in [-0.25, -0.2) is 4.68 Å². The molecule has 0 fully saturated rings. The number of nitrogens with one attached hydrogen (secondary N) is 1. The van der Waals surface area contributed by atoms with Gasteiger partial charge in [-0.05, 0) is 37.1 Å². The lowest BCUT2D eigenvalue weighted by Crippen LogP contribution is -2.25. The van der Waals surface area contributed by atoms with Crippen LogP contribution in [0.2, 0.25) is 0 Å². The molecule has 1 amide bonds. The molecule has 0 saturated carbocycles. The van der Waals surface area contributed by atoms with E-state index in [9.17, 15) is 22.8 Å². The molecule has 9 heteroatoms. The van der Waals surface area contributed by atoms with Gasteiger partial charge in [0.05, 0.1) is 11.3 Å². The first-order valence-electron chi connectivity index (χ1n) is 8.50. The molecule has 1 aromatic heterocycles. The number of amides is 1. The van der Waals surface area contributed by atoms with Crippen LogP contribution in [0.5, 0.6) is 0 Å². The fourth-order valence-corrected chi connectivity index (χ4v) is 2.46. The summed E-state index contributed by atoms with van der Waals surface area (Å²) < 4.78 is 39.6. The van der Waals surface area contributed by atoms with E-state index in [2.05, 4.69) is 10.4 Å². The number of carbonyl (C=O) groups excluding carboxylic acids is 1. The average molecular weight is 383 g/mol. The fourth-order valence-electron chi connectivity index (χ4n) is 2.46. The minimum atomic E-state index is -4.45. The Bertz CT molecular complexity index is 787. The predicted molar refractivity (Wildman–Crippen MR) is 91.6 cm³/mol. The van der Waals surface area contributed by atoms with Crippen molar-refractivity contribution < 1.29 is 27.9 Å². The molecule has 0 spiro atoms. The molecule has 0 bridgehead atoms. The number of unbranched alkanes of at least 4 members (excludes halogenated alkanes) is 3. The van der Waals surface area contributed by atoms with E-state index in [4.69, 9.17) is 5.11 Å². The van der Waals surface area contributed by atoms with Crippen molar-refractivity contribution in [3.63, 3.8) is 0 Å². The lowest BCUT2D eigenvalue weighted by atomic mass is 10.1. The summed E-state index contributed by atoms with van der Waals surface area (Å²) in [4.78, 5) is 22.4. The molecule has 2 N–H and O–H groups in total. The molecular weight excluding hydrogens is 363 g/mol. The van der Waals surface area contributed by atoms with Crippen LogP contribution in [-0.4, -0.2) is 33.3 Å². The van der Waals surface area contributed by atoms with E-state index in [0.717, 1.165) is 25.0 Å². The van der Waals surface area contributed by atoms with Gasteiger partial charge in [0, 0.05) is 19.2 Å². The van der Waals surface area contributed by atoms with Gasteiger partial charge in [-0.15, -0.1) is 0 Å². The van der Waals surface area contributed by atoms with Crippen molar-refractivity contribution >= 4 is 11.9 Å². The van der Waals surface area contributed by atoms with Gasteiger partial charge in [0.1, 0.15) is 0 Å². The highest BCUT2D eigenvalue weighted by atomic mass is 19.4. The molecule has 2 rings (SSSR count). The molecule has 2 aromatic rings. The summed E-state index contributed by atoms with van der Waals surface area (Å²) in [6, 6.07) is 6.12. The second kappa shape index (κ2) is 9.20. The number of aliphatic carboxylic acids is 1. The molecule has 1 heterocycles. The van der Waals surface area contributed by atoms with Crippen molar-refractivity contribution in [2.24, 2.45) is 0 Å². The summed E-state index contributed by atoms with van der Waals surface area (Å²) in [5, 5.41) is 15.2. The number of hydrogen-bond acceptors (Lipinski definition) is 3. The lowest BCUT2D eigenvalue weighted by molar-refractivity contribution is -0.138. The quantitative estimate of drug-likeness (QED) is 0.648. The first kappa shape index (κ1) is 20.5. The van der Waals surface area contributed by atoms with E-state index >= 15 is 0 Å². The normalized spacial score (nSPS) is 11.4. The molecule has 0 aliphatic heterocycles. The zero-order valence-corrected chi connectivity index (χ0v) is 14.5. The Morgan fingerprint density at radius 1 is 1.11 bits per heavy atom. The zero-order valence-electron chi connectivity index (χ0n) is 14.5. The maximum atomic E-state index is 12.8. The van der Waals surface area contributed by atoms with E-state index in [1.54, 1.807) is 0 Å². The summed E-state index contributed by atoms with van der Waals surface area (Å²) >= 11 is 0. The number of carboxylic acid groups (broad SMARTS) is 1. The first-order valence-corrected chi connectivity index (χ1v) is 8.50. The number of rotatable bonds is 9. The molecule has 1 aromatic carbocycles. The third-order valence-electron chi connectivity index (χ3n) is 3.86. The molecule has 6 nitrogen and oxygen atoms in total. The van der Waals surface area contributed by atoms with Gasteiger partial charge in [0.25, 0.3) is 5.91 Å². The maximum absolute atomic E-state index is 12.8. The van der Waals surface area contributed by atoms with Crippen LogP contribution in [0.4, 0.5) is 13.2 Å². The van der Waals surface area contributed by atoms with E-state index in [0.29, 0.717) is 19.4 Å². The summed E-state index contributed by atoms with van der Waals surface area (Å²) in [7, 11) is 0. The van der Waals surface area contributed by atoms with Crippen LogP contribution in [0.15, 0.2) is 36.5 Å². The topological polar surface area (TPSA) is 84.2 Å². The standard InChI is InChI=1S/C18H20F3N3O3/c19-18(20,21)13-6-5-7-14(12-13)24-11-9-15(23-24)17(27)22-10-4-2-1-3-8-16(25)26/h5-7,9,11-12H,1-4,8,10H2,(H,22,27)(H,25,26). The van der Waals surface area contributed by atoms with Crippen LogP contribution in [-0.2, 0) is 11.0 Å². The van der Waals surface area contributed by atoms with E-state index in [-0.39, 0.29) is 17.8 Å². The number of benzene rings is 1. The van der Waals surface area contributed by atoms with Crippen LogP contribution in [0.1, 0.15) is 48.2 Å². The van der Waals surface area contributed by atoms with Gasteiger partial charge in [-0.2, -0.15) is 18.3 Å². The summed E-state index contributed by atoms with van der Waals surface area (Å²) in [5.74, 6) is -1.23. The third-order valence-corrected chi connectivity index (χ3v) is 3.86. The second-order valence-electron chi connectivity index (χ2n) is 6.01. The number of carbonyl (C=O) groups is 2. The van der Waals surface area contributed by atoms with Crippen LogP contribution in [0, 0.1) is 0 Å². The Labute approximate surface area is 154 Å². The molecular formula is C18H20F3N3O3. The third kappa shape index (κ3) is 6.43. The molecule has 0 saturated heterocycles. The molecule has 0 radical (unpaired) electrons. The zero-order chi connectivity index (χ0) is 19.9. The molecule has 0 atom stereocenters. The maximum Gasteiger partial charge on any atom is 0.416 e. The van der Waals surface area contributed by atoms with Crippen molar-refractivity contribution in [2.75, 3.05) is 6.54 Å². The first-order chi connectivity index (χ1) is 12.8. The number of alkyl halides is 3. The van der Waals surface area contributed by atoms with E-state index in [1.807, 2.05) is 0 Å². The number of hydrogen-bond donors (Lipinski definition) is 2.